The molecule has 1 aromatic rings. The number of carbonyl (C=O) groups excluding carboxylic acids is 1. The molecule has 1 aromatic heterocycles. The lowest BCUT2D eigenvalue weighted by Crippen LogP contribution is -2.28. The lowest BCUT2D eigenvalue weighted by atomic mass is 10.0. The number of aromatic nitrogens is 1. The van der Waals surface area contributed by atoms with Crippen molar-refractivity contribution >= 4 is 5.97 Å². The number of carbonyl (C=O) groups is 1. The zero-order chi connectivity index (χ0) is 9.42. The van der Waals surface area contributed by atoms with E-state index in [-0.39, 0.29) is 12.2 Å². The first-order chi connectivity index (χ1) is 6.20. The molecule has 1 unspecified atom stereocenters. The summed E-state index contributed by atoms with van der Waals surface area (Å²) in [4.78, 5) is 24.5. The Morgan fingerprint density at radius 3 is 3.08 bits per heavy atom. The van der Waals surface area contributed by atoms with E-state index in [0.29, 0.717) is 11.1 Å². The molecule has 1 aliphatic rings. The number of hydrogen-bond donors (Lipinski definition) is 2. The van der Waals surface area contributed by atoms with Crippen LogP contribution in [0, 0.1) is 0 Å². The first-order valence-corrected chi connectivity index (χ1v) is 3.75. The van der Waals surface area contributed by atoms with Gasteiger partial charge in [0, 0.05) is 11.8 Å². The van der Waals surface area contributed by atoms with E-state index in [4.69, 9.17) is 0 Å². The van der Waals surface area contributed by atoms with Crippen molar-refractivity contribution in [3.63, 3.8) is 0 Å². The van der Waals surface area contributed by atoms with E-state index in [2.05, 4.69) is 9.72 Å². The summed E-state index contributed by atoms with van der Waals surface area (Å²) in [6.07, 6.45) is 0.0641. The highest BCUT2D eigenvalue weighted by molar-refractivity contribution is 5.78. The van der Waals surface area contributed by atoms with Crippen LogP contribution in [0.1, 0.15) is 17.2 Å². The first kappa shape index (κ1) is 8.00. The number of ether oxygens (including phenoxy) is 1. The van der Waals surface area contributed by atoms with Crippen LogP contribution < -0.4 is 5.56 Å². The molecule has 13 heavy (non-hydrogen) atoms. The topological polar surface area (TPSA) is 79.4 Å². The molecule has 0 spiro atoms. The third-order valence-electron chi connectivity index (χ3n) is 1.98. The Bertz CT molecular complexity index is 409. The van der Waals surface area contributed by atoms with Gasteiger partial charge in [-0.05, 0) is 6.07 Å². The molecule has 0 saturated carbocycles. The number of aromatic amines is 1. The summed E-state index contributed by atoms with van der Waals surface area (Å²) in [5.41, 5.74) is 0.318. The quantitative estimate of drug-likeness (QED) is 0.527. The molecule has 0 saturated heterocycles. The van der Waals surface area contributed by atoms with Crippen molar-refractivity contribution in [2.45, 2.75) is 12.7 Å². The summed E-state index contributed by atoms with van der Waals surface area (Å²) >= 11 is 0. The smallest absolute Gasteiger partial charge is 0.340 e. The molecular formula is C8H7NO4. The molecule has 2 N–H and O–H groups in total. The molecule has 1 atom stereocenters. The van der Waals surface area contributed by atoms with Gasteiger partial charge in [-0.1, -0.05) is 0 Å². The molecule has 0 amide bonds. The van der Waals surface area contributed by atoms with Crippen molar-refractivity contribution < 1.29 is 14.6 Å². The Hall–Kier alpha value is -1.62. The SMILES string of the molecule is O=C1OCc2c(cc[nH]c2=O)C1O. The van der Waals surface area contributed by atoms with Crippen molar-refractivity contribution in [1.82, 2.24) is 4.98 Å². The Kier molecular flexibility index (Phi) is 1.66. The fourth-order valence-corrected chi connectivity index (χ4v) is 1.28. The fraction of sp³-hybridized carbons (Fsp3) is 0.250. The zero-order valence-electron chi connectivity index (χ0n) is 6.61. The Balaban J connectivity index is 2.62. The lowest BCUT2D eigenvalue weighted by Gasteiger charge is -2.19. The molecule has 2 heterocycles. The van der Waals surface area contributed by atoms with E-state index in [0.717, 1.165) is 0 Å². The molecule has 0 bridgehead atoms. The number of pyridine rings is 1. The van der Waals surface area contributed by atoms with Gasteiger partial charge in [0.1, 0.15) is 6.61 Å². The van der Waals surface area contributed by atoms with Crippen molar-refractivity contribution in [1.29, 1.82) is 0 Å². The van der Waals surface area contributed by atoms with Crippen molar-refractivity contribution in [2.24, 2.45) is 0 Å². The number of hydrogen-bond acceptors (Lipinski definition) is 4. The van der Waals surface area contributed by atoms with Crippen LogP contribution in [0.5, 0.6) is 0 Å². The van der Waals surface area contributed by atoms with E-state index < -0.39 is 12.1 Å². The Morgan fingerprint density at radius 1 is 1.54 bits per heavy atom. The predicted octanol–water partition coefficient (Wildman–Crippen LogP) is -0.535. The minimum absolute atomic E-state index is 0.0681. The van der Waals surface area contributed by atoms with Crippen LogP contribution in [0.3, 0.4) is 0 Å². The number of aliphatic hydroxyl groups is 1. The van der Waals surface area contributed by atoms with Gasteiger partial charge < -0.3 is 14.8 Å². The monoisotopic (exact) mass is 181 g/mol. The van der Waals surface area contributed by atoms with Gasteiger partial charge in [0.05, 0.1) is 5.56 Å². The summed E-state index contributed by atoms with van der Waals surface area (Å²) in [6, 6.07) is 1.50. The summed E-state index contributed by atoms with van der Waals surface area (Å²) in [5.74, 6) is -0.710. The molecule has 5 heteroatoms. The van der Waals surface area contributed by atoms with Gasteiger partial charge in [-0.3, -0.25) is 4.79 Å². The number of esters is 1. The minimum Gasteiger partial charge on any atom is -0.458 e. The second-order valence-electron chi connectivity index (χ2n) is 2.75. The van der Waals surface area contributed by atoms with Crippen LogP contribution in [0.4, 0.5) is 0 Å². The number of aliphatic hydroxyl groups excluding tert-OH is 1. The maximum atomic E-state index is 11.2. The molecule has 0 aromatic carbocycles. The van der Waals surface area contributed by atoms with Crippen molar-refractivity contribution in [3.05, 3.63) is 33.7 Å². The Labute approximate surface area is 73.0 Å². The summed E-state index contributed by atoms with van der Waals surface area (Å²) < 4.78 is 4.59. The zero-order valence-corrected chi connectivity index (χ0v) is 6.61. The van der Waals surface area contributed by atoms with Gasteiger partial charge in [-0.15, -0.1) is 0 Å². The molecule has 0 radical (unpaired) electrons. The second kappa shape index (κ2) is 2.70. The number of rotatable bonds is 0. The molecule has 2 rings (SSSR count). The molecule has 1 aliphatic heterocycles. The minimum atomic E-state index is -1.33. The molecule has 0 aliphatic carbocycles. The third-order valence-corrected chi connectivity index (χ3v) is 1.98. The normalized spacial score (nSPS) is 20.7. The average Bonchev–Trinajstić information content (AvgIpc) is 2.12. The molecular weight excluding hydrogens is 174 g/mol. The number of cyclic esters (lactones) is 1. The first-order valence-electron chi connectivity index (χ1n) is 3.75. The van der Waals surface area contributed by atoms with Crippen LogP contribution in [-0.2, 0) is 16.1 Å². The van der Waals surface area contributed by atoms with Crippen LogP contribution in [0.15, 0.2) is 17.1 Å². The van der Waals surface area contributed by atoms with Crippen LogP contribution >= 0.6 is 0 Å². The maximum absolute atomic E-state index is 11.2. The predicted molar refractivity (Wildman–Crippen MR) is 41.8 cm³/mol. The molecule has 68 valence electrons. The number of nitrogens with one attached hydrogen (secondary N) is 1. The van der Waals surface area contributed by atoms with Gasteiger partial charge in [-0.25, -0.2) is 4.79 Å². The van der Waals surface area contributed by atoms with E-state index in [1.807, 2.05) is 0 Å². The molecule has 0 fully saturated rings. The summed E-state index contributed by atoms with van der Waals surface area (Å²) in [7, 11) is 0. The highest BCUT2D eigenvalue weighted by Gasteiger charge is 2.28. The number of fused-ring (bicyclic) bond motifs is 1. The number of H-pyrrole nitrogens is 1. The summed E-state index contributed by atoms with van der Waals surface area (Å²) in [5, 5.41) is 9.33. The van der Waals surface area contributed by atoms with E-state index in [9.17, 15) is 14.7 Å². The van der Waals surface area contributed by atoms with E-state index in [1.54, 1.807) is 0 Å². The van der Waals surface area contributed by atoms with Crippen LogP contribution in [0.2, 0.25) is 0 Å². The van der Waals surface area contributed by atoms with Crippen LogP contribution in [0.25, 0.3) is 0 Å². The standard InChI is InChI=1S/C8H7NO4/c10-6-4-1-2-9-7(11)5(4)3-13-8(6)12/h1-2,6,10H,3H2,(H,9,11). The fourth-order valence-electron chi connectivity index (χ4n) is 1.28. The van der Waals surface area contributed by atoms with Crippen molar-refractivity contribution in [2.75, 3.05) is 0 Å². The lowest BCUT2D eigenvalue weighted by molar-refractivity contribution is -0.157. The Morgan fingerprint density at radius 2 is 2.31 bits per heavy atom. The van der Waals surface area contributed by atoms with E-state index >= 15 is 0 Å². The van der Waals surface area contributed by atoms with Gasteiger partial charge in [0.25, 0.3) is 5.56 Å². The second-order valence-corrected chi connectivity index (χ2v) is 2.75. The average molecular weight is 181 g/mol. The highest BCUT2D eigenvalue weighted by Crippen LogP contribution is 2.21. The van der Waals surface area contributed by atoms with Gasteiger partial charge in [-0.2, -0.15) is 0 Å². The van der Waals surface area contributed by atoms with Crippen LogP contribution in [-0.4, -0.2) is 16.1 Å². The van der Waals surface area contributed by atoms with Gasteiger partial charge >= 0.3 is 5.97 Å². The van der Waals surface area contributed by atoms with Gasteiger partial charge in [0.2, 0.25) is 0 Å². The largest absolute Gasteiger partial charge is 0.458 e. The molecule has 5 nitrogen and oxygen atoms in total. The summed E-state index contributed by atoms with van der Waals surface area (Å²) in [6.45, 7) is -0.0681. The van der Waals surface area contributed by atoms with E-state index in [1.165, 1.54) is 12.3 Å². The third kappa shape index (κ3) is 1.13. The maximum Gasteiger partial charge on any atom is 0.340 e. The van der Waals surface area contributed by atoms with Gasteiger partial charge in [0.15, 0.2) is 6.10 Å². The highest BCUT2D eigenvalue weighted by atomic mass is 16.5. The van der Waals surface area contributed by atoms with Crippen molar-refractivity contribution in [3.8, 4) is 0 Å².